The Morgan fingerprint density at radius 1 is 1.00 bits per heavy atom. The Labute approximate surface area is 147 Å². The van der Waals surface area contributed by atoms with Crippen molar-refractivity contribution < 1.29 is 13.9 Å². The molecule has 4 heteroatoms. The first-order valence-electron chi connectivity index (χ1n) is 8.56. The number of rotatable bonds is 3. The zero-order chi connectivity index (χ0) is 19.1. The van der Waals surface area contributed by atoms with E-state index in [2.05, 4.69) is 41.5 Å². The van der Waals surface area contributed by atoms with E-state index in [0.29, 0.717) is 5.75 Å². The predicted octanol–water partition coefficient (Wildman–Crippen LogP) is 5.71. The van der Waals surface area contributed by atoms with Crippen molar-refractivity contribution in [3.63, 3.8) is 0 Å². The summed E-state index contributed by atoms with van der Waals surface area (Å²) in [6.45, 7) is 20.0. The van der Waals surface area contributed by atoms with Gasteiger partial charge in [-0.25, -0.2) is 9.18 Å². The highest BCUT2D eigenvalue weighted by Crippen LogP contribution is 2.41. The predicted molar refractivity (Wildman–Crippen MR) is 102 cm³/mol. The lowest BCUT2D eigenvalue weighted by atomic mass is 9.78. The Morgan fingerprint density at radius 3 is 1.67 bits per heavy atom. The van der Waals surface area contributed by atoms with E-state index in [1.165, 1.54) is 0 Å². The van der Waals surface area contributed by atoms with Gasteiger partial charge >= 0.3 is 5.97 Å². The number of benzene rings is 1. The number of hydrogen-bond donors (Lipinski definition) is 0. The van der Waals surface area contributed by atoms with Gasteiger partial charge in [0.25, 0.3) is 0 Å². The van der Waals surface area contributed by atoms with E-state index >= 15 is 0 Å². The molecule has 0 N–H and O–H groups in total. The average Bonchev–Trinajstić information content (AvgIpc) is 2.35. The van der Waals surface area contributed by atoms with E-state index in [9.17, 15) is 9.18 Å². The molecule has 0 saturated heterocycles. The second kappa shape index (κ2) is 6.62. The van der Waals surface area contributed by atoms with Crippen LogP contribution in [0.15, 0.2) is 12.1 Å². The van der Waals surface area contributed by atoms with Gasteiger partial charge in [0.05, 0.1) is 0 Å². The molecule has 0 saturated carbocycles. The second-order valence-corrected chi connectivity index (χ2v) is 15.1. The number of esters is 1. The van der Waals surface area contributed by atoms with Crippen molar-refractivity contribution in [2.45, 2.75) is 84.7 Å². The SMILES string of the molecule is Cc1cc(C(C)(C)C)c(OC(=O)C(F)[Si](C)(C)C)c(C(C)(C)C)c1. The summed E-state index contributed by atoms with van der Waals surface area (Å²) >= 11 is 0. The van der Waals surface area contributed by atoms with Gasteiger partial charge in [-0.05, 0) is 17.8 Å². The summed E-state index contributed by atoms with van der Waals surface area (Å²) in [6, 6.07) is 4.08. The first-order valence-corrected chi connectivity index (χ1v) is 12.1. The van der Waals surface area contributed by atoms with E-state index < -0.39 is 19.8 Å². The molecule has 1 aromatic rings. The lowest BCUT2D eigenvalue weighted by Gasteiger charge is -2.30. The number of halogens is 1. The van der Waals surface area contributed by atoms with Crippen LogP contribution in [0.3, 0.4) is 0 Å². The van der Waals surface area contributed by atoms with Crippen LogP contribution in [-0.4, -0.2) is 19.8 Å². The third kappa shape index (κ3) is 4.92. The Morgan fingerprint density at radius 2 is 1.38 bits per heavy atom. The maximum atomic E-state index is 14.5. The molecule has 1 unspecified atom stereocenters. The van der Waals surface area contributed by atoms with Crippen molar-refractivity contribution in [1.82, 2.24) is 0 Å². The molecule has 136 valence electrons. The molecule has 1 atom stereocenters. The van der Waals surface area contributed by atoms with E-state index in [1.54, 1.807) is 0 Å². The molecule has 1 rings (SSSR count). The normalized spacial score (nSPS) is 14.5. The third-order valence-electron chi connectivity index (χ3n) is 4.02. The Bertz CT molecular complexity index is 581. The van der Waals surface area contributed by atoms with Crippen LogP contribution >= 0.6 is 0 Å². The number of aryl methyl sites for hydroxylation is 1. The molecule has 0 aromatic heterocycles. The molecule has 24 heavy (non-hydrogen) atoms. The summed E-state index contributed by atoms with van der Waals surface area (Å²) in [7, 11) is -2.26. The van der Waals surface area contributed by atoms with Gasteiger partial charge in [-0.3, -0.25) is 0 Å². The molecule has 0 aliphatic rings. The lowest BCUT2D eigenvalue weighted by Crippen LogP contribution is -2.43. The highest BCUT2D eigenvalue weighted by atomic mass is 28.3. The van der Waals surface area contributed by atoms with Gasteiger partial charge in [0.1, 0.15) is 13.8 Å². The van der Waals surface area contributed by atoms with Gasteiger partial charge in [0.15, 0.2) is 5.79 Å². The minimum Gasteiger partial charge on any atom is -0.424 e. The number of alkyl halides is 1. The van der Waals surface area contributed by atoms with Crippen LogP contribution in [0.4, 0.5) is 4.39 Å². The van der Waals surface area contributed by atoms with Crippen LogP contribution in [0.5, 0.6) is 5.75 Å². The van der Waals surface area contributed by atoms with E-state index in [0.717, 1.165) is 16.7 Å². The van der Waals surface area contributed by atoms with Crippen molar-refractivity contribution in [2.75, 3.05) is 0 Å². The van der Waals surface area contributed by atoms with Crippen molar-refractivity contribution in [3.8, 4) is 5.75 Å². The summed E-state index contributed by atoms with van der Waals surface area (Å²) < 4.78 is 20.2. The highest BCUT2D eigenvalue weighted by molar-refractivity contribution is 6.80. The summed E-state index contributed by atoms with van der Waals surface area (Å²) in [4.78, 5) is 12.4. The Hall–Kier alpha value is -1.16. The zero-order valence-corrected chi connectivity index (χ0v) is 17.9. The quantitative estimate of drug-likeness (QED) is 0.395. The maximum absolute atomic E-state index is 14.5. The first-order chi connectivity index (χ1) is 10.5. The molecule has 0 aliphatic carbocycles. The number of ether oxygens (including phenoxy) is 1. The Kier molecular flexibility index (Phi) is 5.76. The van der Waals surface area contributed by atoms with Gasteiger partial charge in [-0.1, -0.05) is 78.9 Å². The summed E-state index contributed by atoms with van der Waals surface area (Å²) in [5, 5.41) is 0. The average molecular weight is 353 g/mol. The van der Waals surface area contributed by atoms with E-state index in [4.69, 9.17) is 4.74 Å². The number of carbonyl (C=O) groups is 1. The Balaban J connectivity index is 3.52. The molecular weight excluding hydrogens is 319 g/mol. The van der Waals surface area contributed by atoms with Crippen molar-refractivity contribution in [1.29, 1.82) is 0 Å². The molecule has 0 spiro atoms. The molecule has 0 aliphatic heterocycles. The van der Waals surface area contributed by atoms with Crippen molar-refractivity contribution in [3.05, 3.63) is 28.8 Å². The fourth-order valence-corrected chi connectivity index (χ4v) is 3.27. The molecule has 0 fully saturated rings. The summed E-state index contributed by atoms with van der Waals surface area (Å²) in [5.74, 6) is -1.75. The molecular formula is C20H33FO2Si. The number of carbonyl (C=O) groups excluding carboxylic acids is 1. The minimum absolute atomic E-state index is 0.202. The van der Waals surface area contributed by atoms with E-state index in [1.807, 2.05) is 38.7 Å². The van der Waals surface area contributed by atoms with Gasteiger partial charge < -0.3 is 4.74 Å². The van der Waals surface area contributed by atoms with Crippen LogP contribution < -0.4 is 4.74 Å². The van der Waals surface area contributed by atoms with Crippen molar-refractivity contribution >= 4 is 14.0 Å². The molecule has 0 amide bonds. The third-order valence-corrected chi connectivity index (χ3v) is 5.78. The molecule has 0 radical (unpaired) electrons. The van der Waals surface area contributed by atoms with Crippen LogP contribution in [0, 0.1) is 6.92 Å². The van der Waals surface area contributed by atoms with Crippen LogP contribution in [0.2, 0.25) is 19.6 Å². The second-order valence-electron chi connectivity index (χ2n) is 9.84. The largest absolute Gasteiger partial charge is 0.424 e. The smallest absolute Gasteiger partial charge is 0.342 e. The van der Waals surface area contributed by atoms with Gasteiger partial charge in [-0.2, -0.15) is 0 Å². The van der Waals surface area contributed by atoms with Gasteiger partial charge in [0, 0.05) is 11.1 Å². The molecule has 0 heterocycles. The lowest BCUT2D eigenvalue weighted by molar-refractivity contribution is -0.137. The molecule has 0 bridgehead atoms. The first kappa shape index (κ1) is 20.9. The zero-order valence-electron chi connectivity index (χ0n) is 16.9. The summed E-state index contributed by atoms with van der Waals surface area (Å²) in [6.07, 6.45) is 0. The van der Waals surface area contributed by atoms with Gasteiger partial charge in [0.2, 0.25) is 0 Å². The fourth-order valence-electron chi connectivity index (χ4n) is 2.50. The van der Waals surface area contributed by atoms with Crippen LogP contribution in [0.1, 0.15) is 58.2 Å². The summed E-state index contributed by atoms with van der Waals surface area (Å²) in [5.41, 5.74) is 2.61. The topological polar surface area (TPSA) is 26.3 Å². The van der Waals surface area contributed by atoms with Crippen molar-refractivity contribution in [2.24, 2.45) is 0 Å². The fraction of sp³-hybridized carbons (Fsp3) is 0.650. The van der Waals surface area contributed by atoms with E-state index in [-0.39, 0.29) is 10.8 Å². The van der Waals surface area contributed by atoms with Gasteiger partial charge in [-0.15, -0.1) is 0 Å². The van der Waals surface area contributed by atoms with Crippen LogP contribution in [0.25, 0.3) is 0 Å². The standard InChI is InChI=1S/C20H33FO2Si/c1-13-11-14(19(2,3)4)16(15(12-13)20(5,6)7)23-18(22)17(21)24(8,9)10/h11-12,17H,1-10H3. The highest BCUT2D eigenvalue weighted by Gasteiger charge is 2.37. The molecule has 1 aromatic carbocycles. The maximum Gasteiger partial charge on any atom is 0.342 e. The monoisotopic (exact) mass is 352 g/mol. The molecule has 2 nitrogen and oxygen atoms in total. The number of hydrogen-bond acceptors (Lipinski definition) is 2. The minimum atomic E-state index is -2.26. The van der Waals surface area contributed by atoms with Crippen LogP contribution in [-0.2, 0) is 15.6 Å².